The Bertz CT molecular complexity index is 157. The van der Waals surface area contributed by atoms with Gasteiger partial charge in [0.25, 0.3) is 0 Å². The SMILES string of the molecule is CSCC(C)NC(=S)NC1CC1. The molecule has 2 nitrogen and oxygen atoms in total. The quantitative estimate of drug-likeness (QED) is 0.675. The highest BCUT2D eigenvalue weighted by Crippen LogP contribution is 2.18. The molecule has 1 aliphatic rings. The Balaban J connectivity index is 2.06. The molecule has 0 saturated heterocycles. The molecule has 1 unspecified atom stereocenters. The topological polar surface area (TPSA) is 24.1 Å². The van der Waals surface area contributed by atoms with Crippen molar-refractivity contribution < 1.29 is 0 Å². The molecule has 4 heteroatoms. The lowest BCUT2D eigenvalue weighted by molar-refractivity contribution is 0.721. The molecule has 0 aromatic heterocycles. The van der Waals surface area contributed by atoms with Gasteiger partial charge in [-0.2, -0.15) is 11.8 Å². The van der Waals surface area contributed by atoms with E-state index in [2.05, 4.69) is 23.8 Å². The highest BCUT2D eigenvalue weighted by atomic mass is 32.2. The van der Waals surface area contributed by atoms with Crippen molar-refractivity contribution in [3.63, 3.8) is 0 Å². The molecule has 12 heavy (non-hydrogen) atoms. The maximum Gasteiger partial charge on any atom is 0.166 e. The van der Waals surface area contributed by atoms with Gasteiger partial charge in [0.2, 0.25) is 0 Å². The summed E-state index contributed by atoms with van der Waals surface area (Å²) in [7, 11) is 0. The van der Waals surface area contributed by atoms with Gasteiger partial charge in [-0.15, -0.1) is 0 Å². The molecule has 0 spiro atoms. The average molecular weight is 204 g/mol. The number of thioether (sulfide) groups is 1. The lowest BCUT2D eigenvalue weighted by Crippen LogP contribution is -2.42. The third kappa shape index (κ3) is 4.16. The summed E-state index contributed by atoms with van der Waals surface area (Å²) in [5.74, 6) is 1.10. The number of hydrogen-bond donors (Lipinski definition) is 2. The van der Waals surface area contributed by atoms with Crippen LogP contribution in [0.1, 0.15) is 19.8 Å². The molecule has 1 atom stereocenters. The van der Waals surface area contributed by atoms with Gasteiger partial charge in [-0.25, -0.2) is 0 Å². The summed E-state index contributed by atoms with van der Waals surface area (Å²) in [6, 6.07) is 1.13. The van der Waals surface area contributed by atoms with Crippen LogP contribution in [0.25, 0.3) is 0 Å². The maximum absolute atomic E-state index is 5.13. The minimum Gasteiger partial charge on any atom is -0.360 e. The van der Waals surface area contributed by atoms with E-state index in [4.69, 9.17) is 12.2 Å². The van der Waals surface area contributed by atoms with Crippen LogP contribution in [0.3, 0.4) is 0 Å². The zero-order chi connectivity index (χ0) is 8.97. The monoisotopic (exact) mass is 204 g/mol. The van der Waals surface area contributed by atoms with Crippen molar-refractivity contribution in [3.05, 3.63) is 0 Å². The van der Waals surface area contributed by atoms with Gasteiger partial charge in [0, 0.05) is 17.8 Å². The van der Waals surface area contributed by atoms with Gasteiger partial charge >= 0.3 is 0 Å². The van der Waals surface area contributed by atoms with Crippen molar-refractivity contribution in [3.8, 4) is 0 Å². The van der Waals surface area contributed by atoms with Crippen LogP contribution in [0.5, 0.6) is 0 Å². The summed E-state index contributed by atoms with van der Waals surface area (Å²) < 4.78 is 0. The Kier molecular flexibility index (Phi) is 4.15. The summed E-state index contributed by atoms with van der Waals surface area (Å²) >= 11 is 6.97. The summed E-state index contributed by atoms with van der Waals surface area (Å²) in [4.78, 5) is 0. The molecule has 1 aliphatic carbocycles. The Labute approximate surface area is 83.9 Å². The number of rotatable bonds is 4. The van der Waals surface area contributed by atoms with E-state index in [0.717, 1.165) is 10.9 Å². The molecule has 0 radical (unpaired) electrons. The summed E-state index contributed by atoms with van der Waals surface area (Å²) in [6.07, 6.45) is 4.66. The second kappa shape index (κ2) is 4.92. The smallest absolute Gasteiger partial charge is 0.166 e. The maximum atomic E-state index is 5.13. The van der Waals surface area contributed by atoms with Crippen molar-refractivity contribution in [2.75, 3.05) is 12.0 Å². The van der Waals surface area contributed by atoms with Crippen LogP contribution < -0.4 is 10.6 Å². The van der Waals surface area contributed by atoms with Crippen molar-refractivity contribution in [1.82, 2.24) is 10.6 Å². The Morgan fingerprint density at radius 3 is 2.83 bits per heavy atom. The van der Waals surface area contributed by atoms with E-state index in [9.17, 15) is 0 Å². The van der Waals surface area contributed by atoms with Crippen LogP contribution in [0.2, 0.25) is 0 Å². The fraction of sp³-hybridized carbons (Fsp3) is 0.875. The predicted molar refractivity (Wildman–Crippen MR) is 59.7 cm³/mol. The molecule has 1 saturated carbocycles. The minimum absolute atomic E-state index is 0.471. The van der Waals surface area contributed by atoms with Crippen molar-refractivity contribution >= 4 is 29.1 Å². The first-order valence-electron chi connectivity index (χ1n) is 4.28. The van der Waals surface area contributed by atoms with Crippen molar-refractivity contribution in [1.29, 1.82) is 0 Å². The summed E-state index contributed by atoms with van der Waals surface area (Å²) in [5.41, 5.74) is 0. The van der Waals surface area contributed by atoms with Gasteiger partial charge in [-0.05, 0) is 38.2 Å². The van der Waals surface area contributed by atoms with E-state index in [-0.39, 0.29) is 0 Å². The molecule has 0 aromatic carbocycles. The molecule has 2 N–H and O–H groups in total. The van der Waals surface area contributed by atoms with E-state index in [1.807, 2.05) is 11.8 Å². The van der Waals surface area contributed by atoms with Gasteiger partial charge in [-0.3, -0.25) is 0 Å². The van der Waals surface area contributed by atoms with Crippen LogP contribution >= 0.6 is 24.0 Å². The second-order valence-corrected chi connectivity index (χ2v) is 4.57. The standard InChI is InChI=1S/C8H16N2S2/c1-6(5-12-2)9-8(11)10-7-3-4-7/h6-7H,3-5H2,1-2H3,(H2,9,10,11). The van der Waals surface area contributed by atoms with Crippen LogP contribution in [0.4, 0.5) is 0 Å². The lowest BCUT2D eigenvalue weighted by Gasteiger charge is -2.15. The van der Waals surface area contributed by atoms with E-state index in [0.29, 0.717) is 12.1 Å². The van der Waals surface area contributed by atoms with Gasteiger partial charge in [0.15, 0.2) is 5.11 Å². The molecular weight excluding hydrogens is 188 g/mol. The molecule has 0 bridgehead atoms. The van der Waals surface area contributed by atoms with Gasteiger partial charge in [0.05, 0.1) is 0 Å². The summed E-state index contributed by atoms with van der Waals surface area (Å²) in [5, 5.41) is 7.32. The van der Waals surface area contributed by atoms with Gasteiger partial charge in [0.1, 0.15) is 0 Å². The molecule has 0 heterocycles. The van der Waals surface area contributed by atoms with E-state index >= 15 is 0 Å². The Morgan fingerprint density at radius 2 is 2.33 bits per heavy atom. The first-order chi connectivity index (χ1) is 5.72. The van der Waals surface area contributed by atoms with Crippen LogP contribution in [-0.4, -0.2) is 29.2 Å². The van der Waals surface area contributed by atoms with E-state index < -0.39 is 0 Å². The van der Waals surface area contributed by atoms with E-state index in [1.165, 1.54) is 12.8 Å². The average Bonchev–Trinajstić information content (AvgIpc) is 2.71. The Morgan fingerprint density at radius 1 is 1.67 bits per heavy atom. The lowest BCUT2D eigenvalue weighted by atomic mass is 10.4. The van der Waals surface area contributed by atoms with E-state index in [1.54, 1.807) is 0 Å². The third-order valence-corrected chi connectivity index (χ3v) is 2.78. The first kappa shape index (κ1) is 10.1. The molecule has 1 fully saturated rings. The third-order valence-electron chi connectivity index (χ3n) is 1.71. The fourth-order valence-corrected chi connectivity index (χ4v) is 1.92. The van der Waals surface area contributed by atoms with Crippen LogP contribution in [0, 0.1) is 0 Å². The molecular formula is C8H16N2S2. The fourth-order valence-electron chi connectivity index (χ4n) is 0.970. The highest BCUT2D eigenvalue weighted by Gasteiger charge is 2.21. The summed E-state index contributed by atoms with van der Waals surface area (Å²) in [6.45, 7) is 2.15. The Hall–Kier alpha value is 0.0400. The molecule has 0 aromatic rings. The molecule has 70 valence electrons. The van der Waals surface area contributed by atoms with Crippen molar-refractivity contribution in [2.24, 2.45) is 0 Å². The van der Waals surface area contributed by atoms with Gasteiger partial charge in [-0.1, -0.05) is 0 Å². The largest absolute Gasteiger partial charge is 0.360 e. The highest BCUT2D eigenvalue weighted by molar-refractivity contribution is 7.98. The number of hydrogen-bond acceptors (Lipinski definition) is 2. The van der Waals surface area contributed by atoms with Gasteiger partial charge < -0.3 is 10.6 Å². The normalized spacial score (nSPS) is 18.5. The predicted octanol–water partition coefficient (Wildman–Crippen LogP) is 1.36. The number of thiocarbonyl (C=S) groups is 1. The zero-order valence-electron chi connectivity index (χ0n) is 7.59. The van der Waals surface area contributed by atoms with Crippen LogP contribution in [0.15, 0.2) is 0 Å². The second-order valence-electron chi connectivity index (χ2n) is 3.25. The van der Waals surface area contributed by atoms with Crippen molar-refractivity contribution in [2.45, 2.75) is 31.8 Å². The first-order valence-corrected chi connectivity index (χ1v) is 6.08. The molecule has 1 rings (SSSR count). The van der Waals surface area contributed by atoms with Crippen LogP contribution in [-0.2, 0) is 0 Å². The zero-order valence-corrected chi connectivity index (χ0v) is 9.23. The molecule has 0 aliphatic heterocycles. The molecule has 0 amide bonds. The minimum atomic E-state index is 0.471. The number of nitrogens with one attached hydrogen (secondary N) is 2.